The van der Waals surface area contributed by atoms with Crippen molar-refractivity contribution in [3.05, 3.63) is 154 Å². The van der Waals surface area contributed by atoms with Gasteiger partial charge in [0, 0.05) is 4.91 Å². The summed E-state index contributed by atoms with van der Waals surface area (Å²) in [7, 11) is -4.92. The topological polar surface area (TPSA) is 123 Å². The summed E-state index contributed by atoms with van der Waals surface area (Å²) >= 11 is 0. The third kappa shape index (κ3) is 22.1. The Labute approximate surface area is 467 Å². The predicted octanol–water partition coefficient (Wildman–Crippen LogP) is 17.3. The molecule has 4 aromatic rings. The molecule has 0 aromatic heterocycles. The molecule has 1 heterocycles. The lowest BCUT2D eigenvalue weighted by Crippen LogP contribution is -2.62. The highest BCUT2D eigenvalue weighted by atomic mass is 28.4. The highest BCUT2D eigenvalue weighted by Crippen LogP contribution is 2.42. The van der Waals surface area contributed by atoms with Crippen LogP contribution < -0.4 is 0 Å². The molecule has 0 N–H and O–H groups in total. The van der Waals surface area contributed by atoms with Crippen LogP contribution in [-0.4, -0.2) is 78.8 Å². The van der Waals surface area contributed by atoms with Crippen LogP contribution in [0.2, 0.25) is 36.3 Å². The Morgan fingerprint density at radius 1 is 0.519 bits per heavy atom. The summed E-state index contributed by atoms with van der Waals surface area (Å²) in [6, 6.07) is 39.7. The van der Waals surface area contributed by atoms with Crippen molar-refractivity contribution in [2.45, 2.75) is 244 Å². The van der Waals surface area contributed by atoms with Crippen LogP contribution in [0.1, 0.15) is 154 Å². The monoisotopic (exact) mass is 1090 g/mol. The van der Waals surface area contributed by atoms with E-state index in [2.05, 4.69) is 121 Å². The lowest BCUT2D eigenvalue weighted by molar-refractivity contribution is -0.329. The highest BCUT2D eigenvalue weighted by Gasteiger charge is 2.51. The first-order valence-electron chi connectivity index (χ1n) is 29.2. The van der Waals surface area contributed by atoms with Gasteiger partial charge >= 0.3 is 0 Å². The van der Waals surface area contributed by atoms with E-state index in [1.54, 1.807) is 0 Å². The molecule has 1 saturated heterocycles. The van der Waals surface area contributed by atoms with E-state index in [1.807, 2.05) is 84.9 Å². The van der Waals surface area contributed by atoms with Crippen LogP contribution >= 0.6 is 0 Å². The Bertz CT molecular complexity index is 2220. The first kappa shape index (κ1) is 64.1. The van der Waals surface area contributed by atoms with Gasteiger partial charge in [-0.1, -0.05) is 252 Å². The maximum atomic E-state index is 10.5. The van der Waals surface area contributed by atoms with E-state index in [0.29, 0.717) is 19.8 Å². The van der Waals surface area contributed by atoms with Crippen LogP contribution in [0.25, 0.3) is 10.4 Å². The summed E-state index contributed by atoms with van der Waals surface area (Å²) in [6.45, 7) is 26.4. The summed E-state index contributed by atoms with van der Waals surface area (Å²) < 4.78 is 56.8. The number of azide groups is 1. The molecular formula is C64H99N3O8Si2. The number of ether oxygens (including phenoxy) is 6. The molecule has 0 bridgehead atoms. The van der Waals surface area contributed by atoms with Crippen molar-refractivity contribution in [1.29, 1.82) is 0 Å². The van der Waals surface area contributed by atoms with Crippen molar-refractivity contribution in [3.8, 4) is 0 Å². The molecule has 0 amide bonds. The largest absolute Gasteiger partial charge is 0.411 e. The zero-order valence-electron chi connectivity index (χ0n) is 49.2. The molecule has 0 spiro atoms. The van der Waals surface area contributed by atoms with Crippen LogP contribution in [0.4, 0.5) is 0 Å². The van der Waals surface area contributed by atoms with Gasteiger partial charge in [-0.3, -0.25) is 0 Å². The standard InChI is InChI=1S/C64H99N3O8Si2/c1-12-13-14-15-16-17-18-19-20-21-22-35-44-56(74-76(8,9)63(2,3)4)58(75-77(10,11)64(5,6)7)55(66-67-65)49-72-62-61(71-48-54-42-33-26-34-43-54)60(70-47-53-40-31-25-32-41-53)59(69-46-52-38-29-24-30-39-52)57(73-62)50-68-45-51-36-27-23-28-37-51/h23-34,36-43,55-62H,12-22,35,44-50H2,1-11H3/t55-,56+,57?,58-,59-,60?,61?,62-/m0/s1. The second-order valence-corrected chi connectivity index (χ2v) is 33.9. The maximum Gasteiger partial charge on any atom is 0.192 e. The molecule has 13 heteroatoms. The summed E-state index contributed by atoms with van der Waals surface area (Å²) in [5, 5.41) is 4.39. The van der Waals surface area contributed by atoms with Gasteiger partial charge in [0.15, 0.2) is 22.9 Å². The maximum absolute atomic E-state index is 10.5. The molecule has 0 radical (unpaired) electrons. The second kappa shape index (κ2) is 33.2. The summed E-state index contributed by atoms with van der Waals surface area (Å²) in [5.74, 6) is 0. The minimum Gasteiger partial charge on any atom is -0.411 e. The first-order chi connectivity index (χ1) is 36.9. The van der Waals surface area contributed by atoms with E-state index >= 15 is 0 Å². The van der Waals surface area contributed by atoms with Gasteiger partial charge in [-0.05, 0) is 70.5 Å². The van der Waals surface area contributed by atoms with Crippen LogP contribution in [0, 0.1) is 0 Å². The van der Waals surface area contributed by atoms with Crippen molar-refractivity contribution in [3.63, 3.8) is 0 Å². The average molecular weight is 1090 g/mol. The molecule has 4 aromatic carbocycles. The molecule has 426 valence electrons. The SMILES string of the molecule is CCCCCCCCCCCCCC[C@@H](O[Si](C)(C)C(C)(C)C)[C@@H](O[Si](C)(C)C(C)(C)C)[C@H](CO[C@H]1OC(COCc2ccccc2)[C@H](OCc2ccccc2)C(OCc2ccccc2)C1OCc1ccccc1)N=[N+]=[N-]. The number of nitrogens with zero attached hydrogens (tertiary/aromatic N) is 3. The Balaban J connectivity index is 1.51. The normalized spacial score (nSPS) is 19.6. The van der Waals surface area contributed by atoms with Crippen molar-refractivity contribution < 1.29 is 37.3 Å². The van der Waals surface area contributed by atoms with Crippen LogP contribution in [0.5, 0.6) is 0 Å². The molecule has 1 fully saturated rings. The van der Waals surface area contributed by atoms with Crippen molar-refractivity contribution >= 4 is 16.6 Å². The van der Waals surface area contributed by atoms with Crippen molar-refractivity contribution in [2.24, 2.45) is 5.11 Å². The Morgan fingerprint density at radius 3 is 1.36 bits per heavy atom. The fourth-order valence-corrected chi connectivity index (χ4v) is 12.0. The van der Waals surface area contributed by atoms with Gasteiger partial charge in [-0.25, -0.2) is 0 Å². The quantitative estimate of drug-likeness (QED) is 0.0145. The Kier molecular flexibility index (Phi) is 27.6. The third-order valence-electron chi connectivity index (χ3n) is 16.0. The fraction of sp³-hybridized carbons (Fsp3) is 0.625. The van der Waals surface area contributed by atoms with Crippen molar-refractivity contribution in [1.82, 2.24) is 0 Å². The molecule has 0 saturated carbocycles. The zero-order valence-corrected chi connectivity index (χ0v) is 51.2. The van der Waals surface area contributed by atoms with E-state index in [-0.39, 0.29) is 36.0 Å². The Hall–Kier alpha value is -3.70. The van der Waals surface area contributed by atoms with Gasteiger partial charge < -0.3 is 37.3 Å². The highest BCUT2D eigenvalue weighted by molar-refractivity contribution is 6.74. The second-order valence-electron chi connectivity index (χ2n) is 24.4. The molecule has 11 nitrogen and oxygen atoms in total. The van der Waals surface area contributed by atoms with Gasteiger partial charge in [0.2, 0.25) is 0 Å². The minimum atomic E-state index is -2.53. The first-order valence-corrected chi connectivity index (χ1v) is 35.0. The van der Waals surface area contributed by atoms with E-state index in [9.17, 15) is 5.53 Å². The lowest BCUT2D eigenvalue weighted by Gasteiger charge is -2.47. The van der Waals surface area contributed by atoms with Gasteiger partial charge in [0.05, 0.1) is 57.9 Å². The smallest absolute Gasteiger partial charge is 0.192 e. The molecule has 3 unspecified atom stereocenters. The van der Waals surface area contributed by atoms with E-state index in [0.717, 1.165) is 41.5 Å². The van der Waals surface area contributed by atoms with E-state index in [4.69, 9.17) is 37.3 Å². The third-order valence-corrected chi connectivity index (χ3v) is 25.0. The van der Waals surface area contributed by atoms with Gasteiger partial charge in [-0.15, -0.1) is 0 Å². The molecule has 1 aliphatic rings. The minimum absolute atomic E-state index is 0.0203. The van der Waals surface area contributed by atoms with Crippen LogP contribution in [0.3, 0.4) is 0 Å². The molecule has 1 aliphatic heterocycles. The number of hydrogen-bond acceptors (Lipinski definition) is 9. The van der Waals surface area contributed by atoms with Gasteiger partial charge in [0.1, 0.15) is 24.4 Å². The summed E-state index contributed by atoms with van der Waals surface area (Å²) in [4.78, 5) is 3.53. The molecular weight excluding hydrogens is 995 g/mol. The summed E-state index contributed by atoms with van der Waals surface area (Å²) in [6.07, 6.45) is 11.2. The predicted molar refractivity (Wildman–Crippen MR) is 319 cm³/mol. The molecule has 5 rings (SSSR count). The van der Waals surface area contributed by atoms with Crippen LogP contribution in [-0.2, 0) is 63.7 Å². The molecule has 8 atom stereocenters. The molecule has 77 heavy (non-hydrogen) atoms. The number of benzene rings is 4. The Morgan fingerprint density at radius 2 is 0.922 bits per heavy atom. The van der Waals surface area contributed by atoms with E-state index in [1.165, 1.54) is 64.2 Å². The summed E-state index contributed by atoms with van der Waals surface area (Å²) in [5.41, 5.74) is 14.6. The molecule has 0 aliphatic carbocycles. The number of unbranched alkanes of at least 4 members (excludes halogenated alkanes) is 11. The number of rotatable bonds is 36. The van der Waals surface area contributed by atoms with Crippen molar-refractivity contribution in [2.75, 3.05) is 13.2 Å². The average Bonchev–Trinajstić information content (AvgIpc) is 3.41. The number of hydrogen-bond donors (Lipinski definition) is 0. The van der Waals surface area contributed by atoms with Gasteiger partial charge in [-0.2, -0.15) is 0 Å². The lowest BCUT2D eigenvalue weighted by atomic mass is 9.97. The van der Waals surface area contributed by atoms with E-state index < -0.39 is 59.5 Å². The van der Waals surface area contributed by atoms with Crippen LogP contribution in [0.15, 0.2) is 126 Å². The fourth-order valence-electron chi connectivity index (χ4n) is 9.29. The zero-order chi connectivity index (χ0) is 55.6. The van der Waals surface area contributed by atoms with Gasteiger partial charge in [0.25, 0.3) is 0 Å².